The van der Waals surface area contributed by atoms with Crippen molar-refractivity contribution >= 4 is 26.4 Å². The number of rotatable bonds is 0. The Morgan fingerprint density at radius 1 is 1.57 bits per heavy atom. The third kappa shape index (κ3) is 2.85. The first-order valence-electron chi connectivity index (χ1n) is 1.98. The molecule has 0 aromatic heterocycles. The van der Waals surface area contributed by atoms with Crippen LogP contribution < -0.4 is 0 Å². The first kappa shape index (κ1) is 7.20. The highest BCUT2D eigenvalue weighted by Gasteiger charge is 1.88. The molecule has 0 bridgehead atoms. The van der Waals surface area contributed by atoms with Crippen molar-refractivity contribution in [2.75, 3.05) is 21.1 Å². The van der Waals surface area contributed by atoms with Crippen LogP contribution in [0.25, 0.3) is 0 Å². The van der Waals surface area contributed by atoms with E-state index in [2.05, 4.69) is 27.6 Å². The number of halogens is 1. The molecule has 0 amide bonds. The lowest BCUT2D eigenvalue weighted by atomic mass is 10.9. The van der Waals surface area contributed by atoms with Crippen molar-refractivity contribution < 1.29 is 0 Å². The van der Waals surface area contributed by atoms with Gasteiger partial charge in [-0.2, -0.15) is 0 Å². The second kappa shape index (κ2) is 3.23. The van der Waals surface area contributed by atoms with Gasteiger partial charge in [-0.25, -0.2) is 0 Å². The minimum atomic E-state index is 1.03. The van der Waals surface area contributed by atoms with Crippen molar-refractivity contribution in [2.24, 2.45) is 4.99 Å². The molecule has 0 atom stereocenters. The van der Waals surface area contributed by atoms with Crippen LogP contribution in [-0.4, -0.2) is 29.9 Å². The topological polar surface area (TPSA) is 15.6 Å². The van der Waals surface area contributed by atoms with Gasteiger partial charge in [0.15, 0.2) is 3.84 Å². The molecular weight excluding hydrogens is 203 g/mol. The third-order valence-electron chi connectivity index (χ3n) is 0.554. The number of aliphatic imine (C=N–C) groups is 1. The van der Waals surface area contributed by atoms with Crippen molar-refractivity contribution in [3.8, 4) is 0 Å². The predicted molar refractivity (Wildman–Crippen MR) is 41.1 cm³/mol. The Balaban J connectivity index is 3.56. The van der Waals surface area contributed by atoms with Gasteiger partial charge >= 0.3 is 0 Å². The zero-order valence-corrected chi connectivity index (χ0v) is 6.93. The standard InChI is InChI=1S/C4H9IN2/c1-6-4(5)7(2)3/h1-3H3/b6-4-. The average molecular weight is 212 g/mol. The molecule has 0 radical (unpaired) electrons. The molecule has 0 rings (SSSR count). The maximum atomic E-state index is 3.92. The highest BCUT2D eigenvalue weighted by atomic mass is 127. The van der Waals surface area contributed by atoms with E-state index in [-0.39, 0.29) is 0 Å². The van der Waals surface area contributed by atoms with E-state index in [1.54, 1.807) is 7.05 Å². The molecule has 0 fully saturated rings. The van der Waals surface area contributed by atoms with Crippen molar-refractivity contribution in [1.82, 2.24) is 4.90 Å². The Bertz CT molecular complexity index is 77.8. The molecule has 0 aliphatic carbocycles. The molecule has 3 heteroatoms. The Morgan fingerprint density at radius 3 is 2.00 bits per heavy atom. The van der Waals surface area contributed by atoms with Gasteiger partial charge < -0.3 is 4.90 Å². The Morgan fingerprint density at radius 2 is 2.00 bits per heavy atom. The summed E-state index contributed by atoms with van der Waals surface area (Å²) < 4.78 is 1.03. The van der Waals surface area contributed by atoms with Crippen LogP contribution >= 0.6 is 22.6 Å². The van der Waals surface area contributed by atoms with Crippen LogP contribution in [0.3, 0.4) is 0 Å². The first-order valence-corrected chi connectivity index (χ1v) is 3.06. The molecule has 0 saturated heterocycles. The summed E-state index contributed by atoms with van der Waals surface area (Å²) in [6.07, 6.45) is 0. The molecule has 0 aromatic carbocycles. The summed E-state index contributed by atoms with van der Waals surface area (Å²) in [6, 6.07) is 0. The maximum absolute atomic E-state index is 3.92. The van der Waals surface area contributed by atoms with Crippen LogP contribution in [0.15, 0.2) is 4.99 Å². The van der Waals surface area contributed by atoms with Gasteiger partial charge in [-0.05, 0) is 22.6 Å². The molecule has 7 heavy (non-hydrogen) atoms. The fourth-order valence-electron chi connectivity index (χ4n) is 0.200. The first-order chi connectivity index (χ1) is 3.18. The average Bonchev–Trinajstić information content (AvgIpc) is 1.65. The Kier molecular flexibility index (Phi) is 3.33. The third-order valence-corrected chi connectivity index (χ3v) is 2.00. The number of nitrogens with zero attached hydrogens (tertiary/aromatic N) is 2. The maximum Gasteiger partial charge on any atom is 0.161 e. The van der Waals surface area contributed by atoms with Gasteiger partial charge in [0.2, 0.25) is 0 Å². The van der Waals surface area contributed by atoms with E-state index in [9.17, 15) is 0 Å². The van der Waals surface area contributed by atoms with Crippen LogP contribution in [0.4, 0.5) is 0 Å². The summed E-state index contributed by atoms with van der Waals surface area (Å²) in [4.78, 5) is 5.88. The lowest BCUT2D eigenvalue weighted by Crippen LogP contribution is -2.14. The molecule has 0 saturated carbocycles. The monoisotopic (exact) mass is 212 g/mol. The fraction of sp³-hybridized carbons (Fsp3) is 0.750. The molecule has 0 aromatic rings. The van der Waals surface area contributed by atoms with Gasteiger partial charge in [0.25, 0.3) is 0 Å². The van der Waals surface area contributed by atoms with Crippen LogP contribution in [-0.2, 0) is 0 Å². The van der Waals surface area contributed by atoms with Gasteiger partial charge in [-0.1, -0.05) is 0 Å². The second-order valence-electron chi connectivity index (χ2n) is 1.39. The number of hydrogen-bond donors (Lipinski definition) is 0. The lowest BCUT2D eigenvalue weighted by molar-refractivity contribution is 0.639. The van der Waals surface area contributed by atoms with Gasteiger partial charge in [-0.3, -0.25) is 4.99 Å². The van der Waals surface area contributed by atoms with Crippen molar-refractivity contribution in [1.29, 1.82) is 0 Å². The summed E-state index contributed by atoms with van der Waals surface area (Å²) in [7, 11) is 5.71. The molecule has 0 spiro atoms. The number of amidine groups is 1. The van der Waals surface area contributed by atoms with Crippen LogP contribution in [0.2, 0.25) is 0 Å². The Hall–Kier alpha value is 0.200. The van der Waals surface area contributed by atoms with E-state index in [0.717, 1.165) is 3.84 Å². The molecule has 0 aliphatic heterocycles. The summed E-state index contributed by atoms with van der Waals surface area (Å²) in [5.41, 5.74) is 0. The highest BCUT2D eigenvalue weighted by molar-refractivity contribution is 14.1. The van der Waals surface area contributed by atoms with E-state index in [1.165, 1.54) is 0 Å². The molecule has 0 aliphatic rings. The van der Waals surface area contributed by atoms with Gasteiger partial charge in [0.1, 0.15) is 0 Å². The molecule has 0 heterocycles. The quantitative estimate of drug-likeness (QED) is 0.253. The highest BCUT2D eigenvalue weighted by Crippen LogP contribution is 1.90. The van der Waals surface area contributed by atoms with Gasteiger partial charge in [0, 0.05) is 21.1 Å². The van der Waals surface area contributed by atoms with E-state index in [1.807, 2.05) is 19.0 Å². The summed E-state index contributed by atoms with van der Waals surface area (Å²) in [6.45, 7) is 0. The fourth-order valence-corrected chi connectivity index (χ4v) is 0.200. The summed E-state index contributed by atoms with van der Waals surface area (Å²) in [5, 5.41) is 0. The van der Waals surface area contributed by atoms with E-state index in [4.69, 9.17) is 0 Å². The van der Waals surface area contributed by atoms with Gasteiger partial charge in [-0.15, -0.1) is 0 Å². The zero-order chi connectivity index (χ0) is 5.86. The van der Waals surface area contributed by atoms with E-state index in [0.29, 0.717) is 0 Å². The summed E-state index contributed by atoms with van der Waals surface area (Å²) in [5.74, 6) is 0. The van der Waals surface area contributed by atoms with Crippen LogP contribution in [0.5, 0.6) is 0 Å². The molecule has 0 unspecified atom stereocenters. The van der Waals surface area contributed by atoms with Crippen molar-refractivity contribution in [2.45, 2.75) is 0 Å². The smallest absolute Gasteiger partial charge is 0.161 e. The molecule has 0 N–H and O–H groups in total. The minimum absolute atomic E-state index is 1.03. The van der Waals surface area contributed by atoms with Gasteiger partial charge in [0.05, 0.1) is 0 Å². The largest absolute Gasteiger partial charge is 0.358 e. The van der Waals surface area contributed by atoms with Crippen molar-refractivity contribution in [3.63, 3.8) is 0 Å². The van der Waals surface area contributed by atoms with E-state index < -0.39 is 0 Å². The normalized spacial score (nSPS) is 11.7. The minimum Gasteiger partial charge on any atom is -0.358 e. The predicted octanol–water partition coefficient (Wildman–Crippen LogP) is 0.969. The van der Waals surface area contributed by atoms with Crippen LogP contribution in [0.1, 0.15) is 0 Å². The van der Waals surface area contributed by atoms with Crippen molar-refractivity contribution in [3.05, 3.63) is 0 Å². The summed E-state index contributed by atoms with van der Waals surface area (Å²) >= 11 is 2.17. The SMILES string of the molecule is C/N=C(/I)N(C)C. The molecule has 42 valence electrons. The zero-order valence-electron chi connectivity index (χ0n) is 4.77. The van der Waals surface area contributed by atoms with Crippen LogP contribution in [0, 0.1) is 0 Å². The Labute approximate surface area is 57.8 Å². The second-order valence-corrected chi connectivity index (χ2v) is 2.35. The van der Waals surface area contributed by atoms with E-state index >= 15 is 0 Å². The lowest BCUT2D eigenvalue weighted by Gasteiger charge is -2.06. The number of hydrogen-bond acceptors (Lipinski definition) is 1. The molecular formula is C4H9IN2. The molecule has 2 nitrogen and oxygen atoms in total.